The molecular weight excluding hydrogens is 711 g/mol. The summed E-state index contributed by atoms with van der Waals surface area (Å²) in [6.07, 6.45) is 0. The third kappa shape index (κ3) is 4.90. The van der Waals surface area contributed by atoms with Crippen molar-refractivity contribution in [2.24, 2.45) is 0 Å². The second-order valence-electron chi connectivity index (χ2n) is 14.9. The van der Waals surface area contributed by atoms with Crippen LogP contribution in [0.15, 0.2) is 191 Å². The number of furan rings is 2. The Balaban J connectivity index is 1.03. The maximum absolute atomic E-state index is 6.46. The first-order valence-corrected chi connectivity index (χ1v) is 19.6. The van der Waals surface area contributed by atoms with Crippen LogP contribution in [0.1, 0.15) is 5.56 Å². The zero-order valence-corrected chi connectivity index (χ0v) is 31.5. The molecule has 0 saturated carbocycles. The quantitative estimate of drug-likeness (QED) is 0.176. The second kappa shape index (κ2) is 12.6. The van der Waals surface area contributed by atoms with Gasteiger partial charge in [-0.2, -0.15) is 0 Å². The zero-order valence-electron chi connectivity index (χ0n) is 31.5. The minimum atomic E-state index is 0.655. The van der Waals surface area contributed by atoms with Gasteiger partial charge >= 0.3 is 0 Å². The highest BCUT2D eigenvalue weighted by Crippen LogP contribution is 2.43. The lowest BCUT2D eigenvalue weighted by Crippen LogP contribution is -2.06. The fourth-order valence-corrected chi connectivity index (χ4v) is 8.89. The number of hydrogen-bond acceptors (Lipinski definition) is 4. The van der Waals surface area contributed by atoms with Crippen molar-refractivity contribution in [3.63, 3.8) is 0 Å². The predicted molar refractivity (Wildman–Crippen MR) is 237 cm³/mol. The summed E-state index contributed by atoms with van der Waals surface area (Å²) in [4.78, 5) is 10.7. The summed E-state index contributed by atoms with van der Waals surface area (Å²) in [5, 5.41) is 6.71. The summed E-state index contributed by atoms with van der Waals surface area (Å²) in [6.45, 7) is 2.13. The molecule has 0 fully saturated rings. The van der Waals surface area contributed by atoms with Crippen molar-refractivity contribution in [3.8, 4) is 50.7 Å². The molecular formula is C53H33N3O2. The van der Waals surface area contributed by atoms with Crippen LogP contribution < -0.4 is 0 Å². The second-order valence-corrected chi connectivity index (χ2v) is 14.9. The van der Waals surface area contributed by atoms with E-state index in [2.05, 4.69) is 169 Å². The molecule has 0 N–H and O–H groups in total. The molecule has 0 spiro atoms. The lowest BCUT2D eigenvalue weighted by Gasteiger charge is -2.16. The molecule has 0 amide bonds. The number of para-hydroxylation sites is 2. The number of rotatable bonds is 5. The Labute approximate surface area is 333 Å². The van der Waals surface area contributed by atoms with E-state index in [1.807, 2.05) is 24.3 Å². The lowest BCUT2D eigenvalue weighted by atomic mass is 9.98. The highest BCUT2D eigenvalue weighted by molar-refractivity contribution is 6.24. The lowest BCUT2D eigenvalue weighted by molar-refractivity contribution is 0.669. The molecule has 0 bridgehead atoms. The zero-order chi connectivity index (χ0) is 38.3. The normalized spacial score (nSPS) is 11.9. The summed E-state index contributed by atoms with van der Waals surface area (Å²) >= 11 is 0. The third-order valence-corrected chi connectivity index (χ3v) is 11.6. The van der Waals surface area contributed by atoms with Crippen molar-refractivity contribution in [2.75, 3.05) is 0 Å². The van der Waals surface area contributed by atoms with Gasteiger partial charge in [0.25, 0.3) is 0 Å². The predicted octanol–water partition coefficient (Wildman–Crippen LogP) is 14.3. The van der Waals surface area contributed by atoms with E-state index in [0.717, 1.165) is 105 Å². The summed E-state index contributed by atoms with van der Waals surface area (Å²) in [5.74, 6) is 1.49. The van der Waals surface area contributed by atoms with Gasteiger partial charge in [0, 0.05) is 43.6 Å². The standard InChI is InChI=1S/C53H33N3O2/c1-32-50(35-15-6-3-7-16-35)54-52(55-53(32)56-43-20-10-8-17-39(43)40-29-30-46-49(51(40)56)41-18-9-11-21-44(41)57-46)36-25-23-33(24-26-36)37-27-28-42-47(31-37)58-45-22-12-19-38(48(42)45)34-13-4-2-5-14-34/h2-31H,1H3. The molecule has 4 aromatic heterocycles. The van der Waals surface area contributed by atoms with Crippen LogP contribution in [0.5, 0.6) is 0 Å². The van der Waals surface area contributed by atoms with Crippen LogP contribution in [-0.2, 0) is 0 Å². The molecule has 0 aliphatic rings. The SMILES string of the molecule is Cc1c(-c2ccccc2)nc(-c2ccc(-c3ccc4c(c3)oc3cccc(-c5ccccc5)c34)cc2)nc1-n1c2ccccc2c2ccc3oc4ccccc4c3c21. The van der Waals surface area contributed by atoms with E-state index in [1.54, 1.807) is 0 Å². The van der Waals surface area contributed by atoms with Crippen molar-refractivity contribution in [1.82, 2.24) is 14.5 Å². The van der Waals surface area contributed by atoms with Gasteiger partial charge in [-0.05, 0) is 71.6 Å². The molecule has 0 saturated heterocycles. The van der Waals surface area contributed by atoms with Crippen LogP contribution in [-0.4, -0.2) is 14.5 Å². The minimum absolute atomic E-state index is 0.655. The first kappa shape index (κ1) is 32.5. The molecule has 0 atom stereocenters. The van der Waals surface area contributed by atoms with Gasteiger partial charge in [0.1, 0.15) is 28.1 Å². The molecule has 12 rings (SSSR count). The van der Waals surface area contributed by atoms with Crippen molar-refractivity contribution in [3.05, 3.63) is 188 Å². The molecule has 8 aromatic carbocycles. The van der Waals surface area contributed by atoms with Crippen molar-refractivity contribution < 1.29 is 8.83 Å². The van der Waals surface area contributed by atoms with Crippen LogP contribution in [0.2, 0.25) is 0 Å². The number of fused-ring (bicyclic) bond motifs is 10. The maximum atomic E-state index is 6.46. The van der Waals surface area contributed by atoms with Gasteiger partial charge in [-0.15, -0.1) is 0 Å². The fourth-order valence-electron chi connectivity index (χ4n) is 8.89. The van der Waals surface area contributed by atoms with Gasteiger partial charge in [-0.25, -0.2) is 9.97 Å². The highest BCUT2D eigenvalue weighted by atomic mass is 16.3. The number of hydrogen-bond donors (Lipinski definition) is 0. The molecule has 0 aliphatic carbocycles. The van der Waals surface area contributed by atoms with Crippen LogP contribution >= 0.6 is 0 Å². The Bertz CT molecular complexity index is 3560. The van der Waals surface area contributed by atoms with Crippen molar-refractivity contribution >= 4 is 65.7 Å². The average Bonchev–Trinajstić information content (AvgIpc) is 3.96. The van der Waals surface area contributed by atoms with Gasteiger partial charge in [0.2, 0.25) is 0 Å². The van der Waals surface area contributed by atoms with Crippen LogP contribution in [0.25, 0.3) is 116 Å². The summed E-state index contributed by atoms with van der Waals surface area (Å²) < 4.78 is 15.2. The number of benzene rings is 8. The summed E-state index contributed by atoms with van der Waals surface area (Å²) in [7, 11) is 0. The Morgan fingerprint density at radius 2 is 1.03 bits per heavy atom. The molecule has 272 valence electrons. The highest BCUT2D eigenvalue weighted by Gasteiger charge is 2.23. The Hall–Kier alpha value is -7.76. The Morgan fingerprint density at radius 3 is 1.86 bits per heavy atom. The summed E-state index contributed by atoms with van der Waals surface area (Å²) in [6, 6.07) is 63.4. The van der Waals surface area contributed by atoms with E-state index >= 15 is 0 Å². The van der Waals surface area contributed by atoms with Gasteiger partial charge in [0.05, 0.1) is 22.1 Å². The van der Waals surface area contributed by atoms with E-state index in [-0.39, 0.29) is 0 Å². The van der Waals surface area contributed by atoms with Crippen LogP contribution in [0.3, 0.4) is 0 Å². The average molecular weight is 744 g/mol. The van der Waals surface area contributed by atoms with E-state index in [4.69, 9.17) is 18.8 Å². The van der Waals surface area contributed by atoms with Gasteiger partial charge in [-0.1, -0.05) is 140 Å². The van der Waals surface area contributed by atoms with Gasteiger partial charge in [0.15, 0.2) is 5.82 Å². The molecule has 0 radical (unpaired) electrons. The van der Waals surface area contributed by atoms with E-state index in [0.29, 0.717) is 5.82 Å². The molecule has 5 nitrogen and oxygen atoms in total. The maximum Gasteiger partial charge on any atom is 0.162 e. The minimum Gasteiger partial charge on any atom is -0.456 e. The number of nitrogens with zero attached hydrogens (tertiary/aromatic N) is 3. The third-order valence-electron chi connectivity index (χ3n) is 11.6. The summed E-state index contributed by atoms with van der Waals surface area (Å²) in [5.41, 5.74) is 14.0. The topological polar surface area (TPSA) is 57.0 Å². The van der Waals surface area contributed by atoms with Crippen molar-refractivity contribution in [1.29, 1.82) is 0 Å². The molecule has 0 aliphatic heterocycles. The van der Waals surface area contributed by atoms with E-state index < -0.39 is 0 Å². The van der Waals surface area contributed by atoms with Crippen LogP contribution in [0.4, 0.5) is 0 Å². The smallest absolute Gasteiger partial charge is 0.162 e. The van der Waals surface area contributed by atoms with Crippen LogP contribution in [0, 0.1) is 6.92 Å². The van der Waals surface area contributed by atoms with E-state index in [1.165, 1.54) is 11.1 Å². The van der Waals surface area contributed by atoms with Gasteiger partial charge in [-0.3, -0.25) is 4.57 Å². The molecule has 4 heterocycles. The molecule has 58 heavy (non-hydrogen) atoms. The van der Waals surface area contributed by atoms with Gasteiger partial charge < -0.3 is 8.83 Å². The molecule has 5 heteroatoms. The molecule has 0 unspecified atom stereocenters. The molecule has 12 aromatic rings. The Kier molecular flexibility index (Phi) is 7.07. The monoisotopic (exact) mass is 743 g/mol. The fraction of sp³-hybridized carbons (Fsp3) is 0.0189. The Morgan fingerprint density at radius 1 is 0.414 bits per heavy atom. The first-order chi connectivity index (χ1) is 28.7. The van der Waals surface area contributed by atoms with Crippen molar-refractivity contribution in [2.45, 2.75) is 6.92 Å². The number of aromatic nitrogens is 3. The van der Waals surface area contributed by atoms with E-state index in [9.17, 15) is 0 Å². The largest absolute Gasteiger partial charge is 0.456 e. The first-order valence-electron chi connectivity index (χ1n) is 19.6.